The Balaban J connectivity index is 1.76. The van der Waals surface area contributed by atoms with Crippen LogP contribution in [0.25, 0.3) is 0 Å². The zero-order valence-electron chi connectivity index (χ0n) is 13.6. The maximum atomic E-state index is 5.85. The summed E-state index contributed by atoms with van der Waals surface area (Å²) in [6.07, 6.45) is 9.65. The minimum absolute atomic E-state index is 0.403. The zero-order chi connectivity index (χ0) is 14.7. The van der Waals surface area contributed by atoms with Gasteiger partial charge >= 0.3 is 0 Å². The van der Waals surface area contributed by atoms with E-state index in [1.165, 1.54) is 56.2 Å². The van der Waals surface area contributed by atoms with Crippen LogP contribution in [0.1, 0.15) is 49.7 Å². The van der Waals surface area contributed by atoms with Crippen molar-refractivity contribution in [2.45, 2.75) is 70.1 Å². The van der Waals surface area contributed by atoms with E-state index in [1.54, 1.807) is 0 Å². The molecular formula is C19H29NO. The monoisotopic (exact) mass is 287 g/mol. The molecule has 0 amide bonds. The molecule has 21 heavy (non-hydrogen) atoms. The van der Waals surface area contributed by atoms with E-state index in [4.69, 9.17) is 4.74 Å². The van der Waals surface area contributed by atoms with Crippen LogP contribution in [0.2, 0.25) is 0 Å². The smallest absolute Gasteiger partial charge is 0.0730 e. The van der Waals surface area contributed by atoms with Crippen molar-refractivity contribution >= 4 is 0 Å². The predicted molar refractivity (Wildman–Crippen MR) is 87.7 cm³/mol. The number of piperidine rings is 1. The van der Waals surface area contributed by atoms with Crippen molar-refractivity contribution < 1.29 is 4.74 Å². The van der Waals surface area contributed by atoms with E-state index >= 15 is 0 Å². The molecule has 0 spiro atoms. The van der Waals surface area contributed by atoms with Crippen molar-refractivity contribution in [2.75, 3.05) is 13.7 Å². The summed E-state index contributed by atoms with van der Waals surface area (Å²) in [7, 11) is 1.89. The number of methoxy groups -OCH3 is 1. The highest BCUT2D eigenvalue weighted by molar-refractivity contribution is 5.22. The molecule has 0 aromatic heterocycles. The number of nitrogens with zero attached hydrogens (tertiary/aromatic N) is 1. The summed E-state index contributed by atoms with van der Waals surface area (Å²) < 4.78 is 5.85. The molecule has 116 valence electrons. The third-order valence-electron chi connectivity index (χ3n) is 5.42. The van der Waals surface area contributed by atoms with Crippen LogP contribution < -0.4 is 0 Å². The van der Waals surface area contributed by atoms with Crippen LogP contribution in [-0.2, 0) is 11.2 Å². The molecule has 1 aliphatic carbocycles. The Bertz CT molecular complexity index is 435. The lowest BCUT2D eigenvalue weighted by molar-refractivity contribution is -0.0351. The second-order valence-electron chi connectivity index (χ2n) is 6.85. The summed E-state index contributed by atoms with van der Waals surface area (Å²) in [5.41, 5.74) is 2.80. The summed E-state index contributed by atoms with van der Waals surface area (Å²) in [5, 5.41) is 0. The molecule has 2 atom stereocenters. The molecule has 3 rings (SSSR count). The van der Waals surface area contributed by atoms with Crippen LogP contribution in [0.15, 0.2) is 24.3 Å². The SMILES string of the molecule is CO[C@H]1CCCN(C2CCCC2)[C@H]1Cc1ccc(C)cc1. The Morgan fingerprint density at radius 3 is 2.43 bits per heavy atom. The van der Waals surface area contributed by atoms with E-state index in [2.05, 4.69) is 36.1 Å². The first-order chi connectivity index (χ1) is 10.3. The molecule has 1 saturated carbocycles. The summed E-state index contributed by atoms with van der Waals surface area (Å²) in [6, 6.07) is 10.4. The van der Waals surface area contributed by atoms with Gasteiger partial charge in [-0.05, 0) is 51.1 Å². The molecule has 0 bridgehead atoms. The van der Waals surface area contributed by atoms with E-state index in [1.807, 2.05) is 7.11 Å². The lowest BCUT2D eigenvalue weighted by Gasteiger charge is -2.44. The number of likely N-dealkylation sites (tertiary alicyclic amines) is 1. The zero-order valence-corrected chi connectivity index (χ0v) is 13.6. The highest BCUT2D eigenvalue weighted by Crippen LogP contribution is 2.32. The molecule has 0 unspecified atom stereocenters. The number of rotatable bonds is 4. The molecule has 1 aromatic carbocycles. The number of ether oxygens (including phenoxy) is 1. The van der Waals surface area contributed by atoms with E-state index < -0.39 is 0 Å². The molecule has 2 heteroatoms. The Morgan fingerprint density at radius 1 is 1.05 bits per heavy atom. The van der Waals surface area contributed by atoms with Crippen molar-refractivity contribution in [3.63, 3.8) is 0 Å². The van der Waals surface area contributed by atoms with Crippen LogP contribution in [-0.4, -0.2) is 36.7 Å². The molecule has 2 aliphatic rings. The summed E-state index contributed by atoms with van der Waals surface area (Å²) in [5.74, 6) is 0. The van der Waals surface area contributed by atoms with Gasteiger partial charge in [-0.15, -0.1) is 0 Å². The van der Waals surface area contributed by atoms with E-state index in [9.17, 15) is 0 Å². The van der Waals surface area contributed by atoms with Crippen LogP contribution in [0.5, 0.6) is 0 Å². The van der Waals surface area contributed by atoms with Gasteiger partial charge in [-0.25, -0.2) is 0 Å². The quantitative estimate of drug-likeness (QED) is 0.831. The van der Waals surface area contributed by atoms with Gasteiger partial charge in [0, 0.05) is 19.2 Å². The molecule has 2 nitrogen and oxygen atoms in total. The Hall–Kier alpha value is -0.860. The van der Waals surface area contributed by atoms with Gasteiger partial charge in [0.15, 0.2) is 0 Å². The fourth-order valence-electron chi connectivity index (χ4n) is 4.23. The van der Waals surface area contributed by atoms with Crippen LogP contribution in [0.4, 0.5) is 0 Å². The average molecular weight is 287 g/mol. The maximum absolute atomic E-state index is 5.85. The maximum Gasteiger partial charge on any atom is 0.0730 e. The molecule has 1 heterocycles. The van der Waals surface area contributed by atoms with E-state index in [-0.39, 0.29) is 0 Å². The van der Waals surface area contributed by atoms with Gasteiger partial charge in [0.2, 0.25) is 0 Å². The standard InChI is InChI=1S/C19H29NO/c1-15-9-11-16(12-10-15)14-18-19(21-2)8-5-13-20(18)17-6-3-4-7-17/h9-12,17-19H,3-8,13-14H2,1-2H3/t18-,19-/m0/s1. The highest BCUT2D eigenvalue weighted by atomic mass is 16.5. The highest BCUT2D eigenvalue weighted by Gasteiger charge is 2.36. The topological polar surface area (TPSA) is 12.5 Å². The Labute approximate surface area is 129 Å². The van der Waals surface area contributed by atoms with E-state index in [0.29, 0.717) is 12.1 Å². The second-order valence-corrected chi connectivity index (χ2v) is 6.85. The number of hydrogen-bond donors (Lipinski definition) is 0. The number of benzene rings is 1. The largest absolute Gasteiger partial charge is 0.380 e. The number of hydrogen-bond acceptors (Lipinski definition) is 2. The lowest BCUT2D eigenvalue weighted by atomic mass is 9.90. The van der Waals surface area contributed by atoms with Crippen molar-refractivity contribution in [3.05, 3.63) is 35.4 Å². The first-order valence-corrected chi connectivity index (χ1v) is 8.62. The molecule has 0 radical (unpaired) electrons. The van der Waals surface area contributed by atoms with Crippen molar-refractivity contribution in [2.24, 2.45) is 0 Å². The molecule has 1 saturated heterocycles. The summed E-state index contributed by atoms with van der Waals surface area (Å²) >= 11 is 0. The minimum atomic E-state index is 0.403. The van der Waals surface area contributed by atoms with Gasteiger partial charge in [0.25, 0.3) is 0 Å². The van der Waals surface area contributed by atoms with Crippen molar-refractivity contribution in [3.8, 4) is 0 Å². The van der Waals surface area contributed by atoms with Crippen molar-refractivity contribution in [1.82, 2.24) is 4.90 Å². The van der Waals surface area contributed by atoms with Gasteiger partial charge in [-0.1, -0.05) is 42.7 Å². The van der Waals surface area contributed by atoms with Crippen LogP contribution >= 0.6 is 0 Å². The first kappa shape index (κ1) is 15.1. The summed E-state index contributed by atoms with van der Waals surface area (Å²) in [6.45, 7) is 3.42. The molecule has 1 aromatic rings. The predicted octanol–water partition coefficient (Wildman–Crippen LogP) is 3.96. The van der Waals surface area contributed by atoms with Crippen LogP contribution in [0.3, 0.4) is 0 Å². The number of aryl methyl sites for hydroxylation is 1. The normalized spacial score (nSPS) is 28.1. The summed E-state index contributed by atoms with van der Waals surface area (Å²) in [4.78, 5) is 2.78. The average Bonchev–Trinajstić information content (AvgIpc) is 3.04. The van der Waals surface area contributed by atoms with Crippen molar-refractivity contribution in [1.29, 1.82) is 0 Å². The fraction of sp³-hybridized carbons (Fsp3) is 0.684. The Morgan fingerprint density at radius 2 is 1.76 bits per heavy atom. The second kappa shape index (κ2) is 6.93. The molecule has 0 N–H and O–H groups in total. The van der Waals surface area contributed by atoms with Gasteiger partial charge in [-0.3, -0.25) is 4.90 Å². The van der Waals surface area contributed by atoms with E-state index in [0.717, 1.165) is 12.5 Å². The molecule has 1 aliphatic heterocycles. The minimum Gasteiger partial charge on any atom is -0.380 e. The first-order valence-electron chi connectivity index (χ1n) is 8.62. The van der Waals surface area contributed by atoms with Gasteiger partial charge in [0.05, 0.1) is 6.10 Å². The third-order valence-corrected chi connectivity index (χ3v) is 5.42. The van der Waals surface area contributed by atoms with Gasteiger partial charge in [-0.2, -0.15) is 0 Å². The van der Waals surface area contributed by atoms with Gasteiger partial charge < -0.3 is 4.74 Å². The fourth-order valence-corrected chi connectivity index (χ4v) is 4.23. The third kappa shape index (κ3) is 3.49. The molecule has 2 fully saturated rings. The molecular weight excluding hydrogens is 258 g/mol. The van der Waals surface area contributed by atoms with Gasteiger partial charge in [0.1, 0.15) is 0 Å². The van der Waals surface area contributed by atoms with Crippen LogP contribution in [0, 0.1) is 6.92 Å². The lowest BCUT2D eigenvalue weighted by Crippen LogP contribution is -2.53. The Kier molecular flexibility index (Phi) is 4.97.